The van der Waals surface area contributed by atoms with Crippen molar-refractivity contribution in [2.45, 2.75) is 39.2 Å². The monoisotopic (exact) mass is 195 g/mol. The topological polar surface area (TPSA) is 26.0 Å². The maximum atomic E-state index is 13.2. The van der Waals surface area contributed by atoms with Crippen LogP contribution in [-0.2, 0) is 5.54 Å². The van der Waals surface area contributed by atoms with Crippen LogP contribution in [0.1, 0.15) is 37.8 Å². The summed E-state index contributed by atoms with van der Waals surface area (Å²) in [7, 11) is 0. The molecule has 0 saturated carbocycles. The number of hydrogen-bond acceptors (Lipinski definition) is 1. The molecule has 1 aromatic carbocycles. The first-order valence-electron chi connectivity index (χ1n) is 5.08. The van der Waals surface area contributed by atoms with Crippen molar-refractivity contribution in [2.24, 2.45) is 5.73 Å². The van der Waals surface area contributed by atoms with Crippen molar-refractivity contribution in [1.29, 1.82) is 0 Å². The number of rotatable bonds is 3. The van der Waals surface area contributed by atoms with Gasteiger partial charge in [-0.2, -0.15) is 0 Å². The molecule has 0 aliphatic heterocycles. The Hall–Kier alpha value is -0.890. The van der Waals surface area contributed by atoms with Gasteiger partial charge in [-0.15, -0.1) is 0 Å². The molecule has 0 unspecified atom stereocenters. The largest absolute Gasteiger partial charge is 0.321 e. The summed E-state index contributed by atoms with van der Waals surface area (Å²) in [6.07, 6.45) is 1.65. The Balaban J connectivity index is 3.17. The zero-order valence-electron chi connectivity index (χ0n) is 9.10. The number of aryl methyl sites for hydroxylation is 1. The number of nitrogens with two attached hydrogens (primary N) is 1. The molecule has 0 saturated heterocycles. The fourth-order valence-electron chi connectivity index (χ4n) is 1.68. The van der Waals surface area contributed by atoms with Crippen LogP contribution in [0, 0.1) is 12.7 Å². The highest BCUT2D eigenvalue weighted by Gasteiger charge is 2.23. The van der Waals surface area contributed by atoms with E-state index in [1.54, 1.807) is 6.07 Å². The lowest BCUT2D eigenvalue weighted by Gasteiger charge is -2.27. The van der Waals surface area contributed by atoms with Crippen LogP contribution in [0.4, 0.5) is 4.39 Å². The molecular formula is C12H18FN. The van der Waals surface area contributed by atoms with Crippen LogP contribution >= 0.6 is 0 Å². The van der Waals surface area contributed by atoms with E-state index in [0.29, 0.717) is 0 Å². The third kappa shape index (κ3) is 2.13. The van der Waals surface area contributed by atoms with E-state index in [1.165, 1.54) is 6.07 Å². The summed E-state index contributed by atoms with van der Waals surface area (Å²) in [6.45, 7) is 5.95. The number of halogens is 1. The van der Waals surface area contributed by atoms with Crippen molar-refractivity contribution >= 4 is 0 Å². The summed E-state index contributed by atoms with van der Waals surface area (Å²) in [6, 6.07) is 5.03. The molecule has 0 fully saturated rings. The molecule has 1 aromatic rings. The normalized spacial score (nSPS) is 11.8. The van der Waals surface area contributed by atoms with E-state index in [-0.39, 0.29) is 11.4 Å². The molecule has 2 N–H and O–H groups in total. The molecule has 0 atom stereocenters. The van der Waals surface area contributed by atoms with Crippen LogP contribution in [0.15, 0.2) is 18.2 Å². The van der Waals surface area contributed by atoms with Gasteiger partial charge in [-0.05, 0) is 43.0 Å². The minimum absolute atomic E-state index is 0.197. The fourth-order valence-corrected chi connectivity index (χ4v) is 1.68. The predicted molar refractivity (Wildman–Crippen MR) is 57.6 cm³/mol. The van der Waals surface area contributed by atoms with E-state index < -0.39 is 0 Å². The summed E-state index contributed by atoms with van der Waals surface area (Å²) in [5.41, 5.74) is 7.64. The molecular weight excluding hydrogens is 177 g/mol. The van der Waals surface area contributed by atoms with Crippen LogP contribution in [0.5, 0.6) is 0 Å². The van der Waals surface area contributed by atoms with Crippen LogP contribution in [-0.4, -0.2) is 0 Å². The van der Waals surface area contributed by atoms with Crippen LogP contribution < -0.4 is 5.73 Å². The van der Waals surface area contributed by atoms with Crippen LogP contribution in [0.3, 0.4) is 0 Å². The van der Waals surface area contributed by atoms with Gasteiger partial charge in [-0.25, -0.2) is 4.39 Å². The van der Waals surface area contributed by atoms with Crippen molar-refractivity contribution in [1.82, 2.24) is 0 Å². The van der Waals surface area contributed by atoms with E-state index >= 15 is 0 Å². The molecule has 0 aromatic heterocycles. The van der Waals surface area contributed by atoms with Crippen molar-refractivity contribution in [3.8, 4) is 0 Å². The third-order valence-corrected chi connectivity index (χ3v) is 2.88. The second-order valence-corrected chi connectivity index (χ2v) is 3.88. The molecule has 0 bridgehead atoms. The highest BCUT2D eigenvalue weighted by molar-refractivity contribution is 5.29. The lowest BCUT2D eigenvalue weighted by molar-refractivity contribution is 0.410. The Morgan fingerprint density at radius 3 is 2.21 bits per heavy atom. The lowest BCUT2D eigenvalue weighted by Crippen LogP contribution is -2.35. The van der Waals surface area contributed by atoms with Crippen molar-refractivity contribution in [3.05, 3.63) is 35.1 Å². The molecule has 1 rings (SSSR count). The Kier molecular flexibility index (Phi) is 3.27. The van der Waals surface area contributed by atoms with Gasteiger partial charge in [0.05, 0.1) is 0 Å². The lowest BCUT2D eigenvalue weighted by atomic mass is 9.85. The molecule has 1 nitrogen and oxygen atoms in total. The first-order chi connectivity index (χ1) is 6.51. The van der Waals surface area contributed by atoms with E-state index in [4.69, 9.17) is 5.73 Å². The van der Waals surface area contributed by atoms with Crippen LogP contribution in [0.25, 0.3) is 0 Å². The maximum absolute atomic E-state index is 13.2. The molecule has 0 spiro atoms. The second-order valence-electron chi connectivity index (χ2n) is 3.88. The standard InChI is InChI=1S/C12H18FN/c1-4-12(14,5-2)10-6-9(3)7-11(13)8-10/h6-8H,4-5,14H2,1-3H3. The molecule has 14 heavy (non-hydrogen) atoms. The quantitative estimate of drug-likeness (QED) is 0.788. The summed E-state index contributed by atoms with van der Waals surface area (Å²) < 4.78 is 13.2. The highest BCUT2D eigenvalue weighted by Crippen LogP contribution is 2.26. The average molecular weight is 195 g/mol. The van der Waals surface area contributed by atoms with E-state index in [2.05, 4.69) is 0 Å². The van der Waals surface area contributed by atoms with Crippen molar-refractivity contribution < 1.29 is 4.39 Å². The summed E-state index contributed by atoms with van der Waals surface area (Å²) in [5, 5.41) is 0. The zero-order valence-corrected chi connectivity index (χ0v) is 9.10. The second kappa shape index (κ2) is 4.09. The van der Waals surface area contributed by atoms with Crippen LogP contribution in [0.2, 0.25) is 0 Å². The minimum atomic E-state index is -0.382. The molecule has 0 aliphatic carbocycles. The maximum Gasteiger partial charge on any atom is 0.123 e. The van der Waals surface area contributed by atoms with Gasteiger partial charge in [0, 0.05) is 5.54 Å². The molecule has 0 aliphatic rings. The molecule has 0 radical (unpaired) electrons. The molecule has 2 heteroatoms. The number of hydrogen-bond donors (Lipinski definition) is 1. The summed E-state index contributed by atoms with van der Waals surface area (Å²) in [4.78, 5) is 0. The van der Waals surface area contributed by atoms with Gasteiger partial charge in [-0.3, -0.25) is 0 Å². The van der Waals surface area contributed by atoms with Gasteiger partial charge >= 0.3 is 0 Å². The number of benzene rings is 1. The Bertz CT molecular complexity index is 296. The third-order valence-electron chi connectivity index (χ3n) is 2.88. The highest BCUT2D eigenvalue weighted by atomic mass is 19.1. The Morgan fingerprint density at radius 1 is 1.21 bits per heavy atom. The summed E-state index contributed by atoms with van der Waals surface area (Å²) >= 11 is 0. The van der Waals surface area contributed by atoms with Gasteiger partial charge in [-0.1, -0.05) is 19.9 Å². The smallest absolute Gasteiger partial charge is 0.123 e. The molecule has 78 valence electrons. The SMILES string of the molecule is CCC(N)(CC)c1cc(C)cc(F)c1. The van der Waals surface area contributed by atoms with Crippen molar-refractivity contribution in [3.63, 3.8) is 0 Å². The van der Waals surface area contributed by atoms with E-state index in [0.717, 1.165) is 24.0 Å². The first kappa shape index (κ1) is 11.2. The average Bonchev–Trinajstić information content (AvgIpc) is 2.15. The minimum Gasteiger partial charge on any atom is -0.321 e. The van der Waals surface area contributed by atoms with Gasteiger partial charge < -0.3 is 5.73 Å². The Labute approximate surface area is 85.1 Å². The fraction of sp³-hybridized carbons (Fsp3) is 0.500. The zero-order chi connectivity index (χ0) is 10.8. The van der Waals surface area contributed by atoms with Gasteiger partial charge in [0.1, 0.15) is 5.82 Å². The van der Waals surface area contributed by atoms with E-state index in [1.807, 2.05) is 26.8 Å². The van der Waals surface area contributed by atoms with Gasteiger partial charge in [0.15, 0.2) is 0 Å². The summed E-state index contributed by atoms with van der Waals surface area (Å²) in [5.74, 6) is -0.197. The van der Waals surface area contributed by atoms with E-state index in [9.17, 15) is 4.39 Å². The molecule has 0 amide bonds. The predicted octanol–water partition coefficient (Wildman–Crippen LogP) is 3.11. The van der Waals surface area contributed by atoms with Crippen molar-refractivity contribution in [2.75, 3.05) is 0 Å². The first-order valence-corrected chi connectivity index (χ1v) is 5.08. The Morgan fingerprint density at radius 2 is 1.79 bits per heavy atom. The molecule has 0 heterocycles. The van der Waals surface area contributed by atoms with Gasteiger partial charge in [0.2, 0.25) is 0 Å². The van der Waals surface area contributed by atoms with Gasteiger partial charge in [0.25, 0.3) is 0 Å².